The summed E-state index contributed by atoms with van der Waals surface area (Å²) >= 11 is 1.50. The van der Waals surface area contributed by atoms with E-state index in [2.05, 4.69) is 35.6 Å². The van der Waals surface area contributed by atoms with E-state index >= 15 is 0 Å². The van der Waals surface area contributed by atoms with Crippen LogP contribution < -0.4 is 27.6 Å². The summed E-state index contributed by atoms with van der Waals surface area (Å²) in [6.07, 6.45) is 6.31. The molecule has 31 heavy (non-hydrogen) atoms. The van der Waals surface area contributed by atoms with Crippen molar-refractivity contribution < 1.29 is 4.79 Å². The number of carbonyl (C=O) groups excluding carboxylic acids is 1. The number of H-pyrrole nitrogens is 2. The number of carbonyl (C=O) groups is 1. The van der Waals surface area contributed by atoms with E-state index in [1.165, 1.54) is 28.9 Å². The maximum atomic E-state index is 12.7. The summed E-state index contributed by atoms with van der Waals surface area (Å²) in [6, 6.07) is -0.539. The van der Waals surface area contributed by atoms with Gasteiger partial charge in [-0.3, -0.25) is 29.8 Å². The highest BCUT2D eigenvalue weighted by Gasteiger charge is 2.39. The van der Waals surface area contributed by atoms with E-state index in [-0.39, 0.29) is 24.2 Å². The molecule has 2 unspecified atom stereocenters. The summed E-state index contributed by atoms with van der Waals surface area (Å²) < 4.78 is 1.42. The second-order valence-corrected chi connectivity index (χ2v) is 8.76. The topological polar surface area (TPSA) is 176 Å². The van der Waals surface area contributed by atoms with Crippen LogP contribution in [0.2, 0.25) is 0 Å². The molecule has 0 aliphatic carbocycles. The van der Waals surface area contributed by atoms with Gasteiger partial charge in [0.15, 0.2) is 11.5 Å². The lowest BCUT2D eigenvalue weighted by Crippen LogP contribution is -2.49. The second-order valence-electron chi connectivity index (χ2n) is 7.23. The number of nitrogens with zero attached hydrogens (tertiary/aromatic N) is 4. The number of rotatable bonds is 5. The maximum Gasteiger partial charge on any atom is 0.328 e. The smallest absolute Gasteiger partial charge is 0.328 e. The molecule has 3 aromatic rings. The van der Waals surface area contributed by atoms with Gasteiger partial charge in [0, 0.05) is 11.9 Å². The highest BCUT2D eigenvalue weighted by atomic mass is 32.2. The van der Waals surface area contributed by atoms with Crippen LogP contribution in [0.25, 0.3) is 17.2 Å². The number of imidazole rings is 1. The zero-order chi connectivity index (χ0) is 22.2. The van der Waals surface area contributed by atoms with Crippen molar-refractivity contribution in [3.05, 3.63) is 45.0 Å². The summed E-state index contributed by atoms with van der Waals surface area (Å²) in [5.41, 5.74) is 6.15. The van der Waals surface area contributed by atoms with Gasteiger partial charge in [-0.15, -0.1) is 11.8 Å². The van der Waals surface area contributed by atoms with Gasteiger partial charge < -0.3 is 10.7 Å². The third-order valence-corrected chi connectivity index (χ3v) is 6.15. The molecule has 0 radical (unpaired) electrons. The first-order valence-electron chi connectivity index (χ1n) is 9.43. The number of anilines is 2. The molecule has 13 heteroatoms. The van der Waals surface area contributed by atoms with Crippen molar-refractivity contribution in [1.82, 2.24) is 34.8 Å². The molecule has 4 heterocycles. The van der Waals surface area contributed by atoms with Gasteiger partial charge >= 0.3 is 5.69 Å². The molecule has 0 aromatic carbocycles. The lowest BCUT2D eigenvalue weighted by Gasteiger charge is -2.25. The minimum Gasteiger partial charge on any atom is -0.382 e. The summed E-state index contributed by atoms with van der Waals surface area (Å²) in [4.78, 5) is 53.7. The molecule has 1 aliphatic heterocycles. The Labute approximate surface area is 179 Å². The van der Waals surface area contributed by atoms with Crippen LogP contribution in [-0.2, 0) is 11.3 Å². The van der Waals surface area contributed by atoms with E-state index in [0.717, 1.165) is 0 Å². The minimum absolute atomic E-state index is 0.0651. The van der Waals surface area contributed by atoms with E-state index < -0.39 is 22.2 Å². The van der Waals surface area contributed by atoms with Crippen molar-refractivity contribution >= 4 is 46.7 Å². The lowest BCUT2D eigenvalue weighted by atomic mass is 10.2. The standard InChI is InChI=1S/C18H21N9O3S/c1-3-4-9-5-27(17(30)25-14(9)28)7-18(2)26-10(6-31-18)15(29)24-16-22-12(19)11-13(23-16)21-8-20-11/h3-5,8,10,26H,6-7H2,1-2H3,(H,25,28,30)(H4,19,20,21,22,23,24,29)/b4-3+. The Balaban J connectivity index is 1.47. The first-order valence-corrected chi connectivity index (χ1v) is 10.4. The number of aromatic amines is 2. The number of allylic oxidation sites excluding steroid dienone is 1. The molecule has 1 aliphatic rings. The Morgan fingerprint density at radius 3 is 3.03 bits per heavy atom. The van der Waals surface area contributed by atoms with Crippen LogP contribution in [0.15, 0.2) is 28.2 Å². The van der Waals surface area contributed by atoms with Crippen LogP contribution in [0.3, 0.4) is 0 Å². The molecular weight excluding hydrogens is 422 g/mol. The fourth-order valence-corrected chi connectivity index (χ4v) is 4.55. The number of nitrogens with two attached hydrogens (primary N) is 1. The minimum atomic E-state index is -0.608. The maximum absolute atomic E-state index is 12.7. The molecule has 4 rings (SSSR count). The highest BCUT2D eigenvalue weighted by Crippen LogP contribution is 2.31. The second kappa shape index (κ2) is 8.00. The molecule has 0 spiro atoms. The quantitative estimate of drug-likeness (QED) is 0.360. The lowest BCUT2D eigenvalue weighted by molar-refractivity contribution is -0.117. The van der Waals surface area contributed by atoms with Crippen LogP contribution in [0.4, 0.5) is 11.8 Å². The van der Waals surface area contributed by atoms with Crippen LogP contribution in [0.1, 0.15) is 19.4 Å². The fourth-order valence-electron chi connectivity index (χ4n) is 3.33. The number of hydrogen-bond acceptors (Lipinski definition) is 9. The SMILES string of the molecule is C/C=C/c1cn(CC2(C)NC(C(=O)Nc3nc(N)c4[nH]cnc4n3)CS2)c(=O)[nH]c1=O. The van der Waals surface area contributed by atoms with Crippen LogP contribution in [-0.4, -0.2) is 52.1 Å². The summed E-state index contributed by atoms with van der Waals surface area (Å²) in [5.74, 6) is 0.400. The predicted molar refractivity (Wildman–Crippen MR) is 119 cm³/mol. The third-order valence-electron chi connectivity index (χ3n) is 4.77. The number of amides is 1. The van der Waals surface area contributed by atoms with Gasteiger partial charge in [-0.1, -0.05) is 12.2 Å². The number of aromatic nitrogens is 6. The number of nitrogen functional groups attached to an aromatic ring is 1. The summed E-state index contributed by atoms with van der Waals surface area (Å²) in [6.45, 7) is 3.93. The summed E-state index contributed by atoms with van der Waals surface area (Å²) in [5, 5.41) is 5.91. The van der Waals surface area contributed by atoms with Gasteiger partial charge in [0.05, 0.1) is 29.3 Å². The molecule has 12 nitrogen and oxygen atoms in total. The van der Waals surface area contributed by atoms with Crippen molar-refractivity contribution in [1.29, 1.82) is 0 Å². The van der Waals surface area contributed by atoms with Crippen LogP contribution in [0, 0.1) is 0 Å². The molecular formula is C18H21N9O3S. The van der Waals surface area contributed by atoms with Crippen molar-refractivity contribution in [3.8, 4) is 0 Å². The average molecular weight is 443 g/mol. The fraction of sp³-hybridized carbons (Fsp3) is 0.333. The van der Waals surface area contributed by atoms with Gasteiger partial charge in [-0.05, 0) is 13.8 Å². The van der Waals surface area contributed by atoms with Gasteiger partial charge in [-0.25, -0.2) is 9.78 Å². The highest BCUT2D eigenvalue weighted by molar-refractivity contribution is 8.00. The predicted octanol–water partition coefficient (Wildman–Crippen LogP) is -0.122. The first kappa shape index (κ1) is 20.8. The van der Waals surface area contributed by atoms with Crippen LogP contribution >= 0.6 is 11.8 Å². The largest absolute Gasteiger partial charge is 0.382 e. The molecule has 1 saturated heterocycles. The van der Waals surface area contributed by atoms with Gasteiger partial charge in [0.25, 0.3) is 5.56 Å². The zero-order valence-electron chi connectivity index (χ0n) is 16.8. The van der Waals surface area contributed by atoms with Crippen molar-refractivity contribution in [3.63, 3.8) is 0 Å². The van der Waals surface area contributed by atoms with Crippen molar-refractivity contribution in [2.24, 2.45) is 0 Å². The van der Waals surface area contributed by atoms with Crippen LogP contribution in [0.5, 0.6) is 0 Å². The van der Waals surface area contributed by atoms with Gasteiger partial charge in [0.1, 0.15) is 5.52 Å². The summed E-state index contributed by atoms with van der Waals surface area (Å²) in [7, 11) is 0. The first-order chi connectivity index (χ1) is 14.8. The Morgan fingerprint density at radius 2 is 2.26 bits per heavy atom. The van der Waals surface area contributed by atoms with E-state index in [9.17, 15) is 14.4 Å². The zero-order valence-corrected chi connectivity index (χ0v) is 17.6. The molecule has 2 atom stereocenters. The molecule has 3 aromatic heterocycles. The molecule has 1 fully saturated rings. The van der Waals surface area contributed by atoms with Gasteiger partial charge in [0.2, 0.25) is 11.9 Å². The Bertz CT molecular complexity index is 1290. The third kappa shape index (κ3) is 4.22. The molecule has 1 amide bonds. The molecule has 6 N–H and O–H groups in total. The average Bonchev–Trinajstić information content (AvgIpc) is 3.33. The Morgan fingerprint density at radius 1 is 1.45 bits per heavy atom. The number of nitrogens with one attached hydrogen (secondary N) is 4. The number of fused-ring (bicyclic) bond motifs is 1. The van der Waals surface area contributed by atoms with Gasteiger partial charge in [-0.2, -0.15) is 9.97 Å². The molecule has 0 bridgehead atoms. The number of thioether (sulfide) groups is 1. The molecule has 0 saturated carbocycles. The van der Waals surface area contributed by atoms with Crippen molar-refractivity contribution in [2.45, 2.75) is 31.3 Å². The monoisotopic (exact) mass is 443 g/mol. The van der Waals surface area contributed by atoms with E-state index in [1.807, 2.05) is 6.92 Å². The van der Waals surface area contributed by atoms with E-state index in [4.69, 9.17) is 5.73 Å². The van der Waals surface area contributed by atoms with E-state index in [1.54, 1.807) is 19.1 Å². The van der Waals surface area contributed by atoms with E-state index in [0.29, 0.717) is 22.5 Å². The normalized spacial score (nSPS) is 21.2. The van der Waals surface area contributed by atoms with Crippen molar-refractivity contribution in [2.75, 3.05) is 16.8 Å². The number of hydrogen-bond donors (Lipinski definition) is 5. The Hall–Kier alpha value is -3.45. The molecule has 162 valence electrons. The Kier molecular flexibility index (Phi) is 5.37.